The fraction of sp³-hybridized carbons (Fsp3) is 0.458. The van der Waals surface area contributed by atoms with Crippen LogP contribution in [0.5, 0.6) is 0 Å². The monoisotopic (exact) mass is 437 g/mol. The molecule has 4 rings (SSSR count). The molecule has 1 atom stereocenters. The van der Waals surface area contributed by atoms with Gasteiger partial charge in [-0.2, -0.15) is 0 Å². The van der Waals surface area contributed by atoms with Crippen molar-refractivity contribution in [3.8, 4) is 0 Å². The average molecular weight is 438 g/mol. The van der Waals surface area contributed by atoms with Crippen molar-refractivity contribution in [3.63, 3.8) is 0 Å². The van der Waals surface area contributed by atoms with Gasteiger partial charge < -0.3 is 16.0 Å². The van der Waals surface area contributed by atoms with E-state index in [-0.39, 0.29) is 17.9 Å². The predicted octanol–water partition coefficient (Wildman–Crippen LogP) is 3.00. The number of rotatable bonds is 9. The predicted molar refractivity (Wildman–Crippen MR) is 123 cm³/mol. The van der Waals surface area contributed by atoms with Gasteiger partial charge in [-0.3, -0.25) is 14.4 Å². The molecule has 1 saturated carbocycles. The first kappa shape index (κ1) is 22.1. The van der Waals surface area contributed by atoms with Gasteiger partial charge in [0.2, 0.25) is 5.91 Å². The number of nitrogens with one attached hydrogen (secondary N) is 2. The number of aromatic nitrogens is 1. The van der Waals surface area contributed by atoms with Crippen LogP contribution in [-0.4, -0.2) is 36.0 Å². The molecule has 0 radical (unpaired) electrons. The molecule has 1 aliphatic heterocycles. The summed E-state index contributed by atoms with van der Waals surface area (Å²) in [6.45, 7) is 1.84. The van der Waals surface area contributed by atoms with Crippen molar-refractivity contribution < 1.29 is 14.4 Å². The topological polar surface area (TPSA) is 110 Å². The second-order valence-electron chi connectivity index (χ2n) is 8.57. The number of amides is 2. The summed E-state index contributed by atoms with van der Waals surface area (Å²) in [5, 5.41) is 3.34. The van der Waals surface area contributed by atoms with Gasteiger partial charge in [0.1, 0.15) is 11.9 Å². The number of pyridine rings is 1. The molecule has 1 saturated heterocycles. The molecule has 2 aliphatic rings. The summed E-state index contributed by atoms with van der Waals surface area (Å²) in [4.78, 5) is 36.2. The summed E-state index contributed by atoms with van der Waals surface area (Å²) in [6.07, 6.45) is 8.23. The van der Waals surface area contributed by atoms with Crippen LogP contribution in [0.1, 0.15) is 54.4 Å². The van der Waals surface area contributed by atoms with E-state index in [0.29, 0.717) is 24.6 Å². The van der Waals surface area contributed by atoms with E-state index in [1.807, 2.05) is 35.2 Å². The molecule has 4 N–H and O–H groups in total. The highest BCUT2D eigenvalue weighted by atomic mass is 16.6. The number of hydrogen-bond acceptors (Lipinski definition) is 6. The van der Waals surface area contributed by atoms with Crippen LogP contribution in [0.3, 0.4) is 0 Å². The summed E-state index contributed by atoms with van der Waals surface area (Å²) in [5.74, 6) is 0.706. The lowest BCUT2D eigenvalue weighted by atomic mass is 10.1. The molecule has 0 bridgehead atoms. The van der Waals surface area contributed by atoms with Crippen LogP contribution in [0.25, 0.3) is 0 Å². The lowest BCUT2D eigenvalue weighted by Gasteiger charge is -2.23. The van der Waals surface area contributed by atoms with E-state index in [0.717, 1.165) is 36.5 Å². The molecule has 0 spiro atoms. The zero-order valence-corrected chi connectivity index (χ0v) is 18.3. The minimum Gasteiger partial charge on any atom is -0.380 e. The van der Waals surface area contributed by atoms with Gasteiger partial charge in [0, 0.05) is 25.0 Å². The number of nitrogens with two attached hydrogens (primary N) is 1. The maximum Gasteiger partial charge on any atom is 0.276 e. The summed E-state index contributed by atoms with van der Waals surface area (Å²) in [5.41, 5.74) is 10.4. The Bertz CT molecular complexity index is 945. The van der Waals surface area contributed by atoms with E-state index in [1.165, 1.54) is 25.7 Å². The van der Waals surface area contributed by atoms with Crippen molar-refractivity contribution in [2.75, 3.05) is 23.4 Å². The highest BCUT2D eigenvalue weighted by Gasteiger charge is 2.30. The van der Waals surface area contributed by atoms with Crippen molar-refractivity contribution in [2.24, 2.45) is 11.7 Å². The third-order valence-corrected chi connectivity index (χ3v) is 6.30. The van der Waals surface area contributed by atoms with Gasteiger partial charge in [-0.25, -0.2) is 10.5 Å². The Kier molecular flexibility index (Phi) is 7.21. The Morgan fingerprint density at radius 1 is 1.12 bits per heavy atom. The van der Waals surface area contributed by atoms with Crippen molar-refractivity contribution in [1.29, 1.82) is 0 Å². The van der Waals surface area contributed by atoms with Gasteiger partial charge in [0.05, 0.1) is 12.2 Å². The third-order valence-electron chi connectivity index (χ3n) is 6.30. The van der Waals surface area contributed by atoms with E-state index in [1.54, 1.807) is 12.3 Å². The number of nitrogens with zero attached hydrogens (tertiary/aromatic N) is 2. The molecular weight excluding hydrogens is 406 g/mol. The number of benzene rings is 1. The summed E-state index contributed by atoms with van der Waals surface area (Å²) >= 11 is 0. The van der Waals surface area contributed by atoms with Crippen molar-refractivity contribution >= 4 is 23.3 Å². The average Bonchev–Trinajstić information content (AvgIpc) is 3.50. The first-order valence-corrected chi connectivity index (χ1v) is 11.4. The van der Waals surface area contributed by atoms with Gasteiger partial charge in [0.15, 0.2) is 0 Å². The molecule has 1 aliphatic carbocycles. The number of carbonyl (C=O) groups excluding carboxylic acids is 2. The Hall–Kier alpha value is -3.13. The van der Waals surface area contributed by atoms with Crippen LogP contribution in [0, 0.1) is 5.92 Å². The van der Waals surface area contributed by atoms with Crippen LogP contribution in [0.4, 0.5) is 11.5 Å². The highest BCUT2D eigenvalue weighted by Crippen LogP contribution is 2.26. The molecule has 2 aromatic rings. The fourth-order valence-electron chi connectivity index (χ4n) is 4.55. The standard InChI is InChI=1S/C24H31N5O3/c25-23(30)21-10-5-13-29(21)22-14-18(11-12-26-22)15-27-20-9-4-3-8-19(20)24(31)28-32-16-17-6-1-2-7-17/h3-4,8-9,11-12,14,17,21,27H,1-2,5-7,10,13,15-16H2,(H2,25,30)(H,28,31). The molecule has 170 valence electrons. The summed E-state index contributed by atoms with van der Waals surface area (Å²) in [6, 6.07) is 10.9. The first-order chi connectivity index (χ1) is 15.6. The van der Waals surface area contributed by atoms with E-state index < -0.39 is 0 Å². The zero-order valence-electron chi connectivity index (χ0n) is 18.3. The van der Waals surface area contributed by atoms with E-state index >= 15 is 0 Å². The van der Waals surface area contributed by atoms with E-state index in [9.17, 15) is 9.59 Å². The number of anilines is 2. The molecule has 2 heterocycles. The summed E-state index contributed by atoms with van der Waals surface area (Å²) < 4.78 is 0. The van der Waals surface area contributed by atoms with Crippen LogP contribution in [-0.2, 0) is 16.2 Å². The normalized spacial score (nSPS) is 18.6. The second kappa shape index (κ2) is 10.5. The molecule has 32 heavy (non-hydrogen) atoms. The Balaban J connectivity index is 1.37. The molecule has 1 aromatic heterocycles. The van der Waals surface area contributed by atoms with Gasteiger partial charge in [-0.1, -0.05) is 25.0 Å². The number of hydrogen-bond donors (Lipinski definition) is 3. The van der Waals surface area contributed by atoms with Crippen LogP contribution >= 0.6 is 0 Å². The SMILES string of the molecule is NC(=O)C1CCCN1c1cc(CNc2ccccc2C(=O)NOCC2CCCC2)ccn1. The minimum atomic E-state index is -0.317. The Morgan fingerprint density at radius 3 is 2.75 bits per heavy atom. The van der Waals surface area contributed by atoms with Gasteiger partial charge >= 0.3 is 0 Å². The maximum atomic E-state index is 12.6. The van der Waals surface area contributed by atoms with Crippen LogP contribution in [0.2, 0.25) is 0 Å². The second-order valence-corrected chi connectivity index (χ2v) is 8.57. The number of primary amides is 1. The third kappa shape index (κ3) is 5.37. The molecule has 1 aromatic carbocycles. The van der Waals surface area contributed by atoms with Gasteiger partial charge in [0.25, 0.3) is 5.91 Å². The largest absolute Gasteiger partial charge is 0.380 e. The van der Waals surface area contributed by atoms with Crippen LogP contribution < -0.4 is 21.4 Å². The molecule has 8 nitrogen and oxygen atoms in total. The molecular formula is C24H31N5O3. The van der Waals surface area contributed by atoms with Crippen molar-refractivity contribution in [2.45, 2.75) is 51.1 Å². The van der Waals surface area contributed by atoms with Crippen molar-refractivity contribution in [1.82, 2.24) is 10.5 Å². The highest BCUT2D eigenvalue weighted by molar-refractivity contribution is 5.99. The van der Waals surface area contributed by atoms with Gasteiger partial charge in [-0.05, 0) is 61.4 Å². The summed E-state index contributed by atoms with van der Waals surface area (Å²) in [7, 11) is 0. The first-order valence-electron chi connectivity index (χ1n) is 11.4. The molecule has 2 amide bonds. The number of carbonyl (C=O) groups is 2. The minimum absolute atomic E-state index is 0.261. The van der Waals surface area contributed by atoms with Gasteiger partial charge in [-0.15, -0.1) is 0 Å². The Morgan fingerprint density at radius 2 is 1.94 bits per heavy atom. The smallest absolute Gasteiger partial charge is 0.276 e. The van der Waals surface area contributed by atoms with E-state index in [2.05, 4.69) is 15.8 Å². The van der Waals surface area contributed by atoms with E-state index in [4.69, 9.17) is 10.6 Å². The number of para-hydroxylation sites is 1. The van der Waals surface area contributed by atoms with Crippen LogP contribution in [0.15, 0.2) is 42.6 Å². The molecule has 2 fully saturated rings. The molecule has 1 unspecified atom stereocenters. The molecule has 8 heteroatoms. The fourth-order valence-corrected chi connectivity index (χ4v) is 4.55. The maximum absolute atomic E-state index is 12.6. The lowest BCUT2D eigenvalue weighted by Crippen LogP contribution is -2.40. The quantitative estimate of drug-likeness (QED) is 0.520. The Labute approximate surface area is 188 Å². The van der Waals surface area contributed by atoms with Crippen molar-refractivity contribution in [3.05, 3.63) is 53.7 Å². The zero-order chi connectivity index (χ0) is 22.3. The lowest BCUT2D eigenvalue weighted by molar-refractivity contribution is -0.119. The number of hydroxylamine groups is 1.